The molecule has 0 bridgehead atoms. The predicted molar refractivity (Wildman–Crippen MR) is 98.3 cm³/mol. The Morgan fingerprint density at radius 3 is 2.71 bits per heavy atom. The second-order valence-corrected chi connectivity index (χ2v) is 8.08. The molecule has 0 fully saturated rings. The summed E-state index contributed by atoms with van der Waals surface area (Å²) >= 11 is 1.34. The van der Waals surface area contributed by atoms with E-state index in [0.717, 1.165) is 16.8 Å². The maximum atomic E-state index is 12.1. The summed E-state index contributed by atoms with van der Waals surface area (Å²) in [6, 6.07) is 13.6. The molecule has 0 spiro atoms. The number of aryl methyl sites for hydroxylation is 2. The minimum absolute atomic E-state index is 0.217. The molecule has 0 amide bonds. The van der Waals surface area contributed by atoms with Gasteiger partial charge >= 0.3 is 0 Å². The quantitative estimate of drug-likeness (QED) is 0.769. The first kappa shape index (κ1) is 18.7. The third-order valence-electron chi connectivity index (χ3n) is 3.38. The van der Waals surface area contributed by atoms with Crippen molar-refractivity contribution in [3.63, 3.8) is 0 Å². The highest BCUT2D eigenvalue weighted by Crippen LogP contribution is 2.24. The van der Waals surface area contributed by atoms with E-state index in [1.807, 2.05) is 50.2 Å². The van der Waals surface area contributed by atoms with Gasteiger partial charge in [0.1, 0.15) is 11.1 Å². The lowest BCUT2D eigenvalue weighted by molar-refractivity contribution is 0.224. The van der Waals surface area contributed by atoms with Crippen LogP contribution in [-0.2, 0) is 16.6 Å². The highest BCUT2D eigenvalue weighted by atomic mass is 32.2. The van der Waals surface area contributed by atoms with Crippen LogP contribution in [0.25, 0.3) is 0 Å². The van der Waals surface area contributed by atoms with E-state index in [9.17, 15) is 14.6 Å². The van der Waals surface area contributed by atoms with Gasteiger partial charge < -0.3 is 5.11 Å². The number of aliphatic hydroxyl groups excluding tert-OH is 1. The number of pyridine rings is 1. The van der Waals surface area contributed by atoms with E-state index in [2.05, 4.69) is 11.1 Å². The van der Waals surface area contributed by atoms with Crippen molar-refractivity contribution in [3.05, 3.63) is 58.8 Å². The molecule has 2 atom stereocenters. The van der Waals surface area contributed by atoms with Crippen molar-refractivity contribution in [3.8, 4) is 6.07 Å². The first-order chi connectivity index (χ1) is 11.5. The molecule has 0 aliphatic heterocycles. The van der Waals surface area contributed by atoms with Crippen LogP contribution in [0.3, 0.4) is 0 Å². The molecule has 0 aliphatic rings. The summed E-state index contributed by atoms with van der Waals surface area (Å²) in [4.78, 5) is 4.38. The number of aromatic nitrogens is 1. The van der Waals surface area contributed by atoms with Crippen LogP contribution in [0.5, 0.6) is 0 Å². The van der Waals surface area contributed by atoms with Crippen molar-refractivity contribution in [1.82, 2.24) is 4.98 Å². The summed E-state index contributed by atoms with van der Waals surface area (Å²) in [5, 5.41) is 20.0. The van der Waals surface area contributed by atoms with Crippen molar-refractivity contribution < 1.29 is 9.32 Å². The number of aliphatic hydroxyl groups is 1. The predicted octanol–water partition coefficient (Wildman–Crippen LogP) is 2.97. The zero-order valence-corrected chi connectivity index (χ0v) is 15.4. The van der Waals surface area contributed by atoms with Crippen LogP contribution in [-0.4, -0.2) is 31.9 Å². The lowest BCUT2D eigenvalue weighted by Crippen LogP contribution is -2.20. The van der Waals surface area contributed by atoms with Crippen LogP contribution in [0.1, 0.15) is 22.4 Å². The molecule has 2 aromatic rings. The van der Waals surface area contributed by atoms with E-state index >= 15 is 0 Å². The molecule has 6 heteroatoms. The van der Waals surface area contributed by atoms with Crippen molar-refractivity contribution in [2.24, 2.45) is 0 Å². The largest absolute Gasteiger partial charge is 0.391 e. The fourth-order valence-electron chi connectivity index (χ4n) is 2.30. The van der Waals surface area contributed by atoms with E-state index < -0.39 is 16.9 Å². The summed E-state index contributed by atoms with van der Waals surface area (Å²) in [6.07, 6.45) is -0.700. The number of thioether (sulfide) groups is 1. The molecular formula is C18H20N2O2S2. The first-order valence-electron chi connectivity index (χ1n) is 7.57. The standard InChI is InChI=1S/C18H20N2O2S2/c1-13-8-14(2)20-18(17(13)9-19)23-10-16(21)12-24(22)11-15-6-4-3-5-7-15/h3-8,16,21H,10-12H2,1-2H3/t16-,24-/m1/s1. The summed E-state index contributed by atoms with van der Waals surface area (Å²) in [5.74, 6) is 1.02. The second-order valence-electron chi connectivity index (χ2n) is 5.57. The molecule has 0 unspecified atom stereocenters. The minimum atomic E-state index is -1.12. The van der Waals surface area contributed by atoms with Crippen molar-refractivity contribution in [2.75, 3.05) is 11.5 Å². The van der Waals surface area contributed by atoms with Gasteiger partial charge in [0.15, 0.2) is 0 Å². The molecule has 126 valence electrons. The summed E-state index contributed by atoms with van der Waals surface area (Å²) < 4.78 is 12.1. The Kier molecular flexibility index (Phi) is 6.98. The summed E-state index contributed by atoms with van der Waals surface area (Å²) in [7, 11) is -1.12. The Bertz CT molecular complexity index is 758. The lowest BCUT2D eigenvalue weighted by Gasteiger charge is -2.12. The third kappa shape index (κ3) is 5.45. The second kappa shape index (κ2) is 8.97. The van der Waals surface area contributed by atoms with Crippen molar-refractivity contribution >= 4 is 22.6 Å². The highest BCUT2D eigenvalue weighted by Gasteiger charge is 2.14. The van der Waals surface area contributed by atoms with Gasteiger partial charge in [0.05, 0.1) is 17.4 Å². The fraction of sp³-hybridized carbons (Fsp3) is 0.333. The van der Waals surface area contributed by atoms with Crippen LogP contribution in [0, 0.1) is 25.2 Å². The Labute approximate surface area is 149 Å². The van der Waals surface area contributed by atoms with Crippen LogP contribution < -0.4 is 0 Å². The average Bonchev–Trinajstić information content (AvgIpc) is 2.53. The number of hydrogen-bond donors (Lipinski definition) is 1. The molecule has 2 rings (SSSR count). The summed E-state index contributed by atoms with van der Waals surface area (Å²) in [5.41, 5.74) is 3.27. The zero-order valence-electron chi connectivity index (χ0n) is 13.7. The Balaban J connectivity index is 1.91. The molecule has 4 nitrogen and oxygen atoms in total. The van der Waals surface area contributed by atoms with E-state index in [1.54, 1.807) is 0 Å². The minimum Gasteiger partial charge on any atom is -0.391 e. The van der Waals surface area contributed by atoms with Gasteiger partial charge in [-0.05, 0) is 31.0 Å². The third-order valence-corrected chi connectivity index (χ3v) is 5.92. The number of rotatable bonds is 7. The zero-order chi connectivity index (χ0) is 17.5. The molecular weight excluding hydrogens is 340 g/mol. The molecule has 0 saturated carbocycles. The number of hydrogen-bond acceptors (Lipinski definition) is 5. The van der Waals surface area contributed by atoms with E-state index in [-0.39, 0.29) is 5.75 Å². The van der Waals surface area contributed by atoms with Gasteiger partial charge in [0.25, 0.3) is 0 Å². The van der Waals surface area contributed by atoms with Crippen molar-refractivity contribution in [1.29, 1.82) is 5.26 Å². The van der Waals surface area contributed by atoms with Crippen LogP contribution in [0.4, 0.5) is 0 Å². The highest BCUT2D eigenvalue weighted by molar-refractivity contribution is 7.99. The topological polar surface area (TPSA) is 74.0 Å². The fourth-order valence-corrected chi connectivity index (χ4v) is 4.71. The molecule has 0 saturated heterocycles. The number of nitrogens with zero attached hydrogens (tertiary/aromatic N) is 2. The monoisotopic (exact) mass is 360 g/mol. The average molecular weight is 361 g/mol. The van der Waals surface area contributed by atoms with E-state index in [0.29, 0.717) is 22.1 Å². The van der Waals surface area contributed by atoms with Crippen LogP contribution >= 0.6 is 11.8 Å². The van der Waals surface area contributed by atoms with Gasteiger partial charge in [0.2, 0.25) is 0 Å². The molecule has 0 radical (unpaired) electrons. The van der Waals surface area contributed by atoms with Gasteiger partial charge in [-0.25, -0.2) is 4.98 Å². The Morgan fingerprint density at radius 2 is 2.04 bits per heavy atom. The lowest BCUT2D eigenvalue weighted by atomic mass is 10.1. The van der Waals surface area contributed by atoms with Gasteiger partial charge in [-0.1, -0.05) is 30.3 Å². The maximum absolute atomic E-state index is 12.1. The molecule has 1 aromatic carbocycles. The van der Waals surface area contributed by atoms with Crippen LogP contribution in [0.2, 0.25) is 0 Å². The maximum Gasteiger partial charge on any atom is 0.114 e. The van der Waals surface area contributed by atoms with Gasteiger partial charge in [-0.15, -0.1) is 11.8 Å². The van der Waals surface area contributed by atoms with Crippen molar-refractivity contribution in [2.45, 2.75) is 30.7 Å². The molecule has 1 aromatic heterocycles. The number of benzene rings is 1. The van der Waals surface area contributed by atoms with Crippen LogP contribution in [0.15, 0.2) is 41.4 Å². The Hall–Kier alpha value is -1.68. The van der Waals surface area contributed by atoms with E-state index in [4.69, 9.17) is 0 Å². The van der Waals surface area contributed by atoms with E-state index in [1.165, 1.54) is 11.8 Å². The smallest absolute Gasteiger partial charge is 0.114 e. The van der Waals surface area contributed by atoms with Gasteiger partial charge in [-0.2, -0.15) is 5.26 Å². The molecule has 0 aliphatic carbocycles. The molecule has 24 heavy (non-hydrogen) atoms. The summed E-state index contributed by atoms with van der Waals surface area (Å²) in [6.45, 7) is 3.76. The van der Waals surface area contributed by atoms with Gasteiger partial charge in [0, 0.05) is 28.0 Å². The number of nitriles is 1. The van der Waals surface area contributed by atoms with Gasteiger partial charge in [-0.3, -0.25) is 4.21 Å². The molecule has 1 heterocycles. The first-order valence-corrected chi connectivity index (χ1v) is 10.0. The SMILES string of the molecule is Cc1cc(C)c(C#N)c(SC[C@@H](O)C[S@](=O)Cc2ccccc2)n1. The molecule has 1 N–H and O–H groups in total. The normalized spacial score (nSPS) is 13.2. The Morgan fingerprint density at radius 1 is 1.33 bits per heavy atom.